The highest BCUT2D eigenvalue weighted by molar-refractivity contribution is 7.98. The van der Waals surface area contributed by atoms with Gasteiger partial charge >= 0.3 is 17.7 Å². The number of aromatic nitrogens is 3. The Balaban J connectivity index is 1.20. The van der Waals surface area contributed by atoms with Gasteiger partial charge in [0.1, 0.15) is 35.7 Å². The number of nitrogens with zero attached hydrogens (tertiary/aromatic N) is 2. The molecule has 1 fully saturated rings. The number of fused-ring (bicyclic) bond motifs is 2. The summed E-state index contributed by atoms with van der Waals surface area (Å²) in [7, 11) is 1.47. The molecule has 1 saturated heterocycles. The first-order valence-electron chi connectivity index (χ1n) is 19.7. The van der Waals surface area contributed by atoms with Crippen LogP contribution in [0.4, 0.5) is 4.79 Å². The molecule has 0 spiro atoms. The van der Waals surface area contributed by atoms with Gasteiger partial charge in [0.25, 0.3) is 5.56 Å². The van der Waals surface area contributed by atoms with Crippen LogP contribution in [0.25, 0.3) is 10.9 Å². The van der Waals surface area contributed by atoms with Gasteiger partial charge in [0.2, 0.25) is 23.9 Å². The fourth-order valence-electron chi connectivity index (χ4n) is 7.38. The van der Waals surface area contributed by atoms with Crippen molar-refractivity contribution in [1.29, 1.82) is 0 Å². The Kier molecular flexibility index (Phi) is 14.4. The van der Waals surface area contributed by atoms with Crippen molar-refractivity contribution in [3.8, 4) is 5.75 Å². The molecule has 7 unspecified atom stereocenters. The average Bonchev–Trinajstić information content (AvgIpc) is 3.84. The van der Waals surface area contributed by atoms with E-state index in [0.29, 0.717) is 17.9 Å². The molecule has 20 nitrogen and oxygen atoms in total. The Morgan fingerprint density at radius 1 is 1.02 bits per heavy atom. The first-order chi connectivity index (χ1) is 29.6. The molecule has 2 aliphatic heterocycles. The first kappa shape index (κ1) is 45.0. The van der Waals surface area contributed by atoms with E-state index in [4.69, 9.17) is 4.74 Å². The molecule has 0 bridgehead atoms. The second-order valence-corrected chi connectivity index (χ2v) is 16.1. The predicted molar refractivity (Wildman–Crippen MR) is 227 cm³/mol. The van der Waals surface area contributed by atoms with Crippen LogP contribution in [-0.2, 0) is 43.3 Å². The largest absolute Gasteiger partial charge is 0.508 e. The van der Waals surface area contributed by atoms with Gasteiger partial charge in [-0.25, -0.2) is 14.4 Å². The number of benzene rings is 2. The van der Waals surface area contributed by atoms with Gasteiger partial charge in [-0.05, 0) is 66.7 Å². The van der Waals surface area contributed by atoms with E-state index in [1.54, 1.807) is 37.6 Å². The van der Waals surface area contributed by atoms with Gasteiger partial charge in [0.15, 0.2) is 0 Å². The molecule has 2 aromatic carbocycles. The number of aliphatic hydroxyl groups is 1. The van der Waals surface area contributed by atoms with Crippen molar-refractivity contribution >= 4 is 52.4 Å². The molecule has 10 N–H and O–H groups in total. The highest BCUT2D eigenvalue weighted by Gasteiger charge is 2.38. The number of rotatable bonds is 16. The van der Waals surface area contributed by atoms with Crippen LogP contribution in [0.15, 0.2) is 82.5 Å². The zero-order valence-electron chi connectivity index (χ0n) is 34.0. The zero-order chi connectivity index (χ0) is 44.7. The molecule has 62 heavy (non-hydrogen) atoms. The summed E-state index contributed by atoms with van der Waals surface area (Å²) in [5.41, 5.74) is 1.66. The van der Waals surface area contributed by atoms with Crippen molar-refractivity contribution in [3.05, 3.63) is 110 Å². The molecule has 330 valence electrons. The lowest BCUT2D eigenvalue weighted by Crippen LogP contribution is -2.62. The Morgan fingerprint density at radius 2 is 1.77 bits per heavy atom. The van der Waals surface area contributed by atoms with Crippen LogP contribution in [0.5, 0.6) is 5.75 Å². The van der Waals surface area contributed by atoms with Crippen LogP contribution in [-0.4, -0.2) is 120 Å². The van der Waals surface area contributed by atoms with Gasteiger partial charge in [-0.15, -0.1) is 0 Å². The third-order valence-electron chi connectivity index (χ3n) is 10.9. The number of ether oxygens (including phenoxy) is 1. The Bertz CT molecular complexity index is 2470. The molecule has 5 amide bonds. The number of para-hydroxylation sites is 1. The maximum absolute atomic E-state index is 14.1. The van der Waals surface area contributed by atoms with E-state index in [1.807, 2.05) is 24.3 Å². The second-order valence-electron chi connectivity index (χ2n) is 15.1. The molecule has 0 radical (unpaired) electrons. The number of phenolic OH excluding ortho intramolecular Hbond substituents is 1. The fourth-order valence-corrected chi connectivity index (χ4v) is 7.85. The van der Waals surface area contributed by atoms with Crippen molar-refractivity contribution in [2.45, 2.75) is 81.7 Å². The number of carbonyl (C=O) groups is 5. The minimum atomic E-state index is -1.47. The van der Waals surface area contributed by atoms with E-state index >= 15 is 0 Å². The van der Waals surface area contributed by atoms with Crippen molar-refractivity contribution < 1.29 is 44.0 Å². The summed E-state index contributed by atoms with van der Waals surface area (Å²) in [6.45, 7) is 1.89. The number of H-pyrrole nitrogens is 2. The lowest BCUT2D eigenvalue weighted by atomic mass is 9.94. The maximum Gasteiger partial charge on any atom is 0.331 e. The van der Waals surface area contributed by atoms with E-state index in [2.05, 4.69) is 36.6 Å². The Labute approximate surface area is 358 Å². The zero-order valence-corrected chi connectivity index (χ0v) is 34.9. The van der Waals surface area contributed by atoms with Gasteiger partial charge in [-0.1, -0.05) is 24.3 Å². The van der Waals surface area contributed by atoms with Crippen LogP contribution in [0.2, 0.25) is 0 Å². The molecule has 21 heteroatoms. The molecule has 6 rings (SSSR count). The number of hydrogen-bond donors (Lipinski definition) is 10. The monoisotopic (exact) mass is 875 g/mol. The summed E-state index contributed by atoms with van der Waals surface area (Å²) in [5.74, 6) is -2.84. The summed E-state index contributed by atoms with van der Waals surface area (Å²) in [5, 5.41) is 45.0. The van der Waals surface area contributed by atoms with Crippen LogP contribution in [0.1, 0.15) is 42.7 Å². The molecular weight excluding hydrogens is 827 g/mol. The van der Waals surface area contributed by atoms with Gasteiger partial charge < -0.3 is 56.5 Å². The number of carboxylic acid groups (broad SMARTS) is 1. The van der Waals surface area contributed by atoms with Crippen molar-refractivity contribution in [1.82, 2.24) is 46.0 Å². The van der Waals surface area contributed by atoms with Crippen LogP contribution in [0, 0.1) is 0 Å². The minimum absolute atomic E-state index is 0.0501. The van der Waals surface area contributed by atoms with Gasteiger partial charge in [-0.3, -0.25) is 28.7 Å². The standard InChI is InChI=1S/C41H49N9O11S/c1-21(49(2)37(56)30-15-23-14-25(51)9-8-22(23)18-43-30)34(36(55)44-20-26-17-32(52)38(61-26)50-12-10-33(53)47-41(50)60)48-35(54)29(11-13-62-3)45-40(59)46-31(39(57)58)16-24-19-42-28-7-5-4-6-27(24)28/h4-10,12,14,19-21,29-32,34,38,42-43,51-52H,11,13,15-18H2,1-3H3,(H,44,55)(H,48,54)(H,57,58)(H2,45,46,59)(H,47,53,60)/b26-20-. The minimum Gasteiger partial charge on any atom is -0.508 e. The molecular formula is C41H49N9O11S. The number of aromatic hydroxyl groups is 1. The highest BCUT2D eigenvalue weighted by Crippen LogP contribution is 2.30. The predicted octanol–water partition coefficient (Wildman–Crippen LogP) is 0.124. The molecule has 2 aromatic heterocycles. The van der Waals surface area contributed by atoms with Gasteiger partial charge in [0.05, 0.1) is 12.1 Å². The third-order valence-corrected chi connectivity index (χ3v) is 11.6. The van der Waals surface area contributed by atoms with Crippen LogP contribution in [0.3, 0.4) is 0 Å². The molecule has 4 heterocycles. The topological polar surface area (TPSA) is 289 Å². The number of aliphatic carboxylic acids is 1. The Hall–Kier alpha value is -6.58. The summed E-state index contributed by atoms with van der Waals surface area (Å²) in [4.78, 5) is 98.3. The van der Waals surface area contributed by atoms with Gasteiger partial charge in [-0.2, -0.15) is 11.8 Å². The summed E-state index contributed by atoms with van der Waals surface area (Å²) < 4.78 is 6.73. The molecule has 0 saturated carbocycles. The number of nitrogens with one attached hydrogen (secondary N) is 7. The van der Waals surface area contributed by atoms with Crippen LogP contribution < -0.4 is 37.8 Å². The number of aromatic amines is 2. The molecule has 0 aliphatic carbocycles. The van der Waals surface area contributed by atoms with E-state index in [-0.39, 0.29) is 37.2 Å². The Morgan fingerprint density at radius 3 is 2.52 bits per heavy atom. The number of thioether (sulfide) groups is 1. The summed E-state index contributed by atoms with van der Waals surface area (Å²) >= 11 is 1.39. The summed E-state index contributed by atoms with van der Waals surface area (Å²) in [6, 6.07) is 6.48. The van der Waals surface area contributed by atoms with Crippen LogP contribution >= 0.6 is 11.8 Å². The maximum atomic E-state index is 14.1. The highest BCUT2D eigenvalue weighted by atomic mass is 32.2. The number of hydrogen-bond acceptors (Lipinski definition) is 12. The number of carboxylic acids is 1. The summed E-state index contributed by atoms with van der Waals surface area (Å²) in [6.07, 6.45) is 3.42. The van der Waals surface area contributed by atoms with Gasteiger partial charge in [0, 0.05) is 62.0 Å². The lowest BCUT2D eigenvalue weighted by Gasteiger charge is -2.36. The van der Waals surface area contributed by atoms with Crippen molar-refractivity contribution in [2.75, 3.05) is 19.1 Å². The molecule has 4 aromatic rings. The first-order valence-corrected chi connectivity index (χ1v) is 21.1. The third kappa shape index (κ3) is 10.6. The number of aliphatic hydroxyl groups excluding tert-OH is 1. The SMILES string of the molecule is CSCCC(NC(=O)NC(Cc1c[nH]c2ccccc12)C(=O)O)C(=O)NC(C(=O)N/C=C1/CC(O)C(n2ccc(=O)[nH]c2=O)O1)C(C)N(C)C(=O)C1Cc2cc(O)ccc2CN1. The van der Waals surface area contributed by atoms with E-state index in [1.165, 1.54) is 23.7 Å². The average molecular weight is 876 g/mol. The smallest absolute Gasteiger partial charge is 0.331 e. The van der Waals surface area contributed by atoms with E-state index in [9.17, 15) is 48.9 Å². The fraction of sp³-hybridized carbons (Fsp3) is 0.390. The quantitative estimate of drug-likeness (QED) is 0.0717. The normalized spacial score (nSPS) is 19.6. The number of likely N-dealkylation sites (N-methyl/N-ethyl adjacent to an activating group) is 1. The lowest BCUT2D eigenvalue weighted by molar-refractivity contribution is -0.139. The van der Waals surface area contributed by atoms with E-state index < -0.39 is 83.5 Å². The van der Waals surface area contributed by atoms with Crippen molar-refractivity contribution in [2.24, 2.45) is 0 Å². The molecule has 7 atom stereocenters. The second kappa shape index (κ2) is 19.9. The molecule has 2 aliphatic rings. The van der Waals surface area contributed by atoms with Crippen molar-refractivity contribution in [3.63, 3.8) is 0 Å². The number of phenols is 1. The number of amides is 5. The number of carbonyl (C=O) groups excluding carboxylic acids is 4. The van der Waals surface area contributed by atoms with E-state index in [0.717, 1.165) is 45.1 Å². The number of urea groups is 1.